The van der Waals surface area contributed by atoms with Crippen molar-refractivity contribution in [3.63, 3.8) is 0 Å². The van der Waals surface area contributed by atoms with Crippen molar-refractivity contribution in [1.29, 1.82) is 0 Å². The van der Waals surface area contributed by atoms with E-state index in [1.54, 1.807) is 33.4 Å². The highest BCUT2D eigenvalue weighted by atomic mass is 16.5. The molecule has 0 saturated heterocycles. The second kappa shape index (κ2) is 11.8. The molecule has 2 N–H and O–H groups in total. The Morgan fingerprint density at radius 1 is 0.947 bits per heavy atom. The van der Waals surface area contributed by atoms with Crippen molar-refractivity contribution in [3.8, 4) is 22.6 Å². The van der Waals surface area contributed by atoms with Crippen LogP contribution in [0.5, 0.6) is 11.5 Å². The normalized spacial score (nSPS) is 12.2. The van der Waals surface area contributed by atoms with E-state index >= 15 is 0 Å². The first-order valence-corrected chi connectivity index (χ1v) is 12.5. The molecule has 1 aliphatic rings. The minimum atomic E-state index is -1.03. The van der Waals surface area contributed by atoms with Crippen LogP contribution in [0.15, 0.2) is 60.7 Å². The molecule has 38 heavy (non-hydrogen) atoms. The second-order valence-electron chi connectivity index (χ2n) is 9.36. The lowest BCUT2D eigenvalue weighted by atomic mass is 10.0. The van der Waals surface area contributed by atoms with E-state index in [0.29, 0.717) is 30.0 Å². The number of hydrogen-bond donors (Lipinski definition) is 2. The first kappa shape index (κ1) is 26.7. The molecule has 0 unspecified atom stereocenters. The molecule has 198 valence electrons. The number of fused-ring (bicyclic) bond motifs is 3. The van der Waals surface area contributed by atoms with Gasteiger partial charge in [0.1, 0.15) is 6.04 Å². The summed E-state index contributed by atoms with van der Waals surface area (Å²) in [5.74, 6) is -0.551. The highest BCUT2D eigenvalue weighted by Gasteiger charge is 2.26. The zero-order chi connectivity index (χ0) is 27.2. The maximum absolute atomic E-state index is 13.3. The van der Waals surface area contributed by atoms with Crippen molar-refractivity contribution < 1.29 is 29.0 Å². The lowest BCUT2D eigenvalue weighted by Gasteiger charge is -2.25. The third-order valence-electron chi connectivity index (χ3n) is 6.87. The largest absolute Gasteiger partial charge is 0.493 e. The molecule has 0 aromatic heterocycles. The van der Waals surface area contributed by atoms with E-state index in [-0.39, 0.29) is 18.7 Å². The molecular formula is C30H32N2O6. The number of amides is 2. The van der Waals surface area contributed by atoms with Gasteiger partial charge in [0.05, 0.1) is 14.2 Å². The van der Waals surface area contributed by atoms with Crippen LogP contribution in [-0.4, -0.2) is 61.6 Å². The van der Waals surface area contributed by atoms with Crippen LogP contribution in [0.25, 0.3) is 11.1 Å². The monoisotopic (exact) mass is 516 g/mol. The number of carboxylic acids is 1. The van der Waals surface area contributed by atoms with Crippen LogP contribution in [-0.2, 0) is 22.4 Å². The Morgan fingerprint density at radius 2 is 1.68 bits per heavy atom. The van der Waals surface area contributed by atoms with Crippen molar-refractivity contribution in [2.45, 2.75) is 31.7 Å². The van der Waals surface area contributed by atoms with Gasteiger partial charge in [-0.25, -0.2) is 0 Å². The van der Waals surface area contributed by atoms with Gasteiger partial charge in [-0.05, 0) is 71.3 Å². The van der Waals surface area contributed by atoms with Crippen LogP contribution in [0, 0.1) is 0 Å². The molecule has 3 aromatic carbocycles. The number of likely N-dealkylation sites (N-methyl/N-ethyl adjacent to an activating group) is 1. The van der Waals surface area contributed by atoms with Gasteiger partial charge in [-0.1, -0.05) is 36.4 Å². The molecule has 8 heteroatoms. The maximum atomic E-state index is 13.3. The van der Waals surface area contributed by atoms with Crippen molar-refractivity contribution >= 4 is 17.8 Å². The van der Waals surface area contributed by atoms with E-state index < -0.39 is 17.9 Å². The fraction of sp³-hybridized carbons (Fsp3) is 0.300. The summed E-state index contributed by atoms with van der Waals surface area (Å²) < 4.78 is 10.6. The molecule has 0 spiro atoms. The van der Waals surface area contributed by atoms with Gasteiger partial charge >= 0.3 is 5.97 Å². The Bertz CT molecular complexity index is 1350. The number of carbonyl (C=O) groups is 3. The molecule has 8 nitrogen and oxygen atoms in total. The number of carboxylic acid groups (broad SMARTS) is 1. The van der Waals surface area contributed by atoms with Crippen LogP contribution in [0.4, 0.5) is 0 Å². The summed E-state index contributed by atoms with van der Waals surface area (Å²) in [6, 6.07) is 18.3. The van der Waals surface area contributed by atoms with E-state index in [1.165, 1.54) is 16.0 Å². The van der Waals surface area contributed by atoms with Gasteiger partial charge in [-0.15, -0.1) is 0 Å². The Labute approximate surface area is 222 Å². The molecular weight excluding hydrogens is 484 g/mol. The van der Waals surface area contributed by atoms with Crippen molar-refractivity contribution in [1.82, 2.24) is 10.2 Å². The molecule has 2 amide bonds. The number of carbonyl (C=O) groups excluding carboxylic acids is 2. The molecule has 3 aromatic rings. The number of ether oxygens (including phenoxy) is 2. The lowest BCUT2D eigenvalue weighted by Crippen LogP contribution is -2.48. The quantitative estimate of drug-likeness (QED) is 0.313. The number of aliphatic carboxylic acids is 1. The Hall–Kier alpha value is -4.33. The Kier molecular flexibility index (Phi) is 8.31. The molecule has 4 rings (SSSR count). The van der Waals surface area contributed by atoms with Gasteiger partial charge in [-0.3, -0.25) is 14.4 Å². The van der Waals surface area contributed by atoms with Gasteiger partial charge in [0.2, 0.25) is 5.91 Å². The highest BCUT2D eigenvalue weighted by Crippen LogP contribution is 2.36. The minimum Gasteiger partial charge on any atom is -0.493 e. The van der Waals surface area contributed by atoms with Crippen molar-refractivity contribution in [3.05, 3.63) is 82.9 Å². The van der Waals surface area contributed by atoms with Gasteiger partial charge in [0, 0.05) is 25.6 Å². The molecule has 0 bridgehead atoms. The summed E-state index contributed by atoms with van der Waals surface area (Å²) in [5.41, 5.74) is 5.93. The SMILES string of the molecule is COc1ccc(CCN(C)C(=O)[C@H](CCC(=O)O)NC(=O)c2ccc3c(c2)Cc2ccccc2-3)cc1OC. The Morgan fingerprint density at radius 3 is 2.42 bits per heavy atom. The summed E-state index contributed by atoms with van der Waals surface area (Å²) in [4.78, 5) is 39.2. The smallest absolute Gasteiger partial charge is 0.303 e. The zero-order valence-electron chi connectivity index (χ0n) is 21.8. The van der Waals surface area contributed by atoms with Crippen molar-refractivity contribution in [2.24, 2.45) is 0 Å². The molecule has 0 aliphatic heterocycles. The van der Waals surface area contributed by atoms with E-state index in [4.69, 9.17) is 9.47 Å². The fourth-order valence-electron chi connectivity index (χ4n) is 4.76. The van der Waals surface area contributed by atoms with Crippen LogP contribution in [0.3, 0.4) is 0 Å². The van der Waals surface area contributed by atoms with Crippen LogP contribution in [0.2, 0.25) is 0 Å². The molecule has 1 atom stereocenters. The van der Waals surface area contributed by atoms with E-state index in [1.807, 2.05) is 36.4 Å². The number of nitrogens with zero attached hydrogens (tertiary/aromatic N) is 1. The summed E-state index contributed by atoms with van der Waals surface area (Å²) in [6.45, 7) is 0.380. The van der Waals surface area contributed by atoms with Crippen molar-refractivity contribution in [2.75, 3.05) is 27.8 Å². The van der Waals surface area contributed by atoms with Gasteiger partial charge < -0.3 is 24.8 Å². The topological polar surface area (TPSA) is 105 Å². The lowest BCUT2D eigenvalue weighted by molar-refractivity contribution is -0.137. The average Bonchev–Trinajstić information content (AvgIpc) is 3.31. The van der Waals surface area contributed by atoms with Gasteiger partial charge in [0.25, 0.3) is 5.91 Å². The maximum Gasteiger partial charge on any atom is 0.303 e. The first-order valence-electron chi connectivity index (χ1n) is 12.5. The predicted molar refractivity (Wildman–Crippen MR) is 144 cm³/mol. The number of methoxy groups -OCH3 is 2. The number of nitrogens with one attached hydrogen (secondary N) is 1. The van der Waals surface area contributed by atoms with E-state index in [2.05, 4.69) is 17.4 Å². The highest BCUT2D eigenvalue weighted by molar-refractivity contribution is 5.98. The van der Waals surface area contributed by atoms with E-state index in [9.17, 15) is 19.5 Å². The third kappa shape index (κ3) is 5.96. The summed E-state index contributed by atoms with van der Waals surface area (Å²) in [5, 5.41) is 12.0. The summed E-state index contributed by atoms with van der Waals surface area (Å²) >= 11 is 0. The molecule has 0 heterocycles. The Balaban J connectivity index is 1.43. The number of rotatable bonds is 11. The van der Waals surface area contributed by atoms with Crippen LogP contribution >= 0.6 is 0 Å². The predicted octanol–water partition coefficient (Wildman–Crippen LogP) is 3.94. The first-order chi connectivity index (χ1) is 18.3. The standard InChI is InChI=1S/C30H32N2O6/c1-32(15-14-19-8-12-26(37-2)27(16-19)38-3)30(36)25(11-13-28(33)34)31-29(35)21-9-10-24-22(18-21)17-20-6-4-5-7-23(20)24/h4-10,12,16,18,25H,11,13-15,17H2,1-3H3,(H,31,35)(H,33,34)/t25-/m0/s1. The third-order valence-corrected chi connectivity index (χ3v) is 6.87. The number of benzene rings is 3. The second-order valence-corrected chi connectivity index (χ2v) is 9.36. The molecule has 1 aliphatic carbocycles. The van der Waals surface area contributed by atoms with Crippen LogP contribution in [0.1, 0.15) is 39.9 Å². The summed E-state index contributed by atoms with van der Waals surface area (Å²) in [6.07, 6.45) is 1.05. The minimum absolute atomic E-state index is 0.00299. The molecule has 0 radical (unpaired) electrons. The molecule has 0 fully saturated rings. The fourth-order valence-corrected chi connectivity index (χ4v) is 4.76. The van der Waals surface area contributed by atoms with Gasteiger partial charge in [-0.2, -0.15) is 0 Å². The zero-order valence-corrected chi connectivity index (χ0v) is 21.8. The number of hydrogen-bond acceptors (Lipinski definition) is 5. The van der Waals surface area contributed by atoms with Gasteiger partial charge in [0.15, 0.2) is 11.5 Å². The van der Waals surface area contributed by atoms with Crippen LogP contribution < -0.4 is 14.8 Å². The van der Waals surface area contributed by atoms with E-state index in [0.717, 1.165) is 23.1 Å². The average molecular weight is 517 g/mol. The molecule has 0 saturated carbocycles. The summed E-state index contributed by atoms with van der Waals surface area (Å²) in [7, 11) is 4.78.